The van der Waals surface area contributed by atoms with Crippen LogP contribution in [-0.2, 0) is 16.1 Å². The third-order valence-corrected chi connectivity index (χ3v) is 5.96. The second kappa shape index (κ2) is 11.6. The SMILES string of the molecule is CCOc1ccc(/C(O)=C2\C(=O)C(=O)N(Cc3ccncc3)C2c2ccc(OCC)c(OCC)c2)cc1. The Hall–Kier alpha value is -4.33. The summed E-state index contributed by atoms with van der Waals surface area (Å²) < 4.78 is 17.0. The Morgan fingerprint density at radius 1 is 0.865 bits per heavy atom. The number of hydrogen-bond acceptors (Lipinski definition) is 7. The van der Waals surface area contributed by atoms with Gasteiger partial charge in [-0.15, -0.1) is 0 Å². The maximum absolute atomic E-state index is 13.4. The van der Waals surface area contributed by atoms with Gasteiger partial charge in [-0.2, -0.15) is 0 Å². The highest BCUT2D eigenvalue weighted by atomic mass is 16.5. The molecule has 1 aromatic heterocycles. The third-order valence-electron chi connectivity index (χ3n) is 5.96. The number of carbonyl (C=O) groups excluding carboxylic acids is 2. The van der Waals surface area contributed by atoms with E-state index in [1.54, 1.807) is 67.0 Å². The number of Topliss-reactive ketones (excluding diaryl/α,β-unsaturated/α-hetero) is 1. The summed E-state index contributed by atoms with van der Waals surface area (Å²) in [6.45, 7) is 7.16. The molecule has 1 saturated heterocycles. The molecular weight excluding hydrogens is 472 g/mol. The Morgan fingerprint density at radius 2 is 1.51 bits per heavy atom. The van der Waals surface area contributed by atoms with Crippen molar-refractivity contribution >= 4 is 17.4 Å². The van der Waals surface area contributed by atoms with Gasteiger partial charge in [0.2, 0.25) is 0 Å². The molecule has 37 heavy (non-hydrogen) atoms. The Labute approximate surface area is 216 Å². The Bertz CT molecular complexity index is 1290. The van der Waals surface area contributed by atoms with Crippen LogP contribution in [0.15, 0.2) is 72.6 Å². The van der Waals surface area contributed by atoms with E-state index in [1.165, 1.54) is 4.90 Å². The van der Waals surface area contributed by atoms with Crippen molar-refractivity contribution in [2.45, 2.75) is 33.4 Å². The maximum Gasteiger partial charge on any atom is 0.295 e. The number of aliphatic hydroxyl groups excluding tert-OH is 1. The Kier molecular flexibility index (Phi) is 8.08. The predicted molar refractivity (Wildman–Crippen MR) is 138 cm³/mol. The molecule has 0 saturated carbocycles. The Morgan fingerprint density at radius 3 is 2.16 bits per heavy atom. The molecule has 4 rings (SSSR count). The van der Waals surface area contributed by atoms with Crippen molar-refractivity contribution in [1.29, 1.82) is 0 Å². The van der Waals surface area contributed by atoms with Crippen molar-refractivity contribution in [3.8, 4) is 17.2 Å². The number of amides is 1. The molecule has 2 heterocycles. The molecule has 8 nitrogen and oxygen atoms in total. The normalized spacial score (nSPS) is 16.6. The van der Waals surface area contributed by atoms with Crippen molar-refractivity contribution in [2.24, 2.45) is 0 Å². The first-order chi connectivity index (χ1) is 18.0. The van der Waals surface area contributed by atoms with Crippen LogP contribution in [0, 0.1) is 0 Å². The first-order valence-corrected chi connectivity index (χ1v) is 12.3. The number of benzene rings is 2. The predicted octanol–water partition coefficient (Wildman–Crippen LogP) is 4.90. The van der Waals surface area contributed by atoms with E-state index in [0.29, 0.717) is 48.2 Å². The van der Waals surface area contributed by atoms with Crippen LogP contribution in [0.4, 0.5) is 0 Å². The van der Waals surface area contributed by atoms with Crippen LogP contribution in [0.1, 0.15) is 43.5 Å². The minimum absolute atomic E-state index is 0.00910. The maximum atomic E-state index is 13.4. The lowest BCUT2D eigenvalue weighted by atomic mass is 9.94. The van der Waals surface area contributed by atoms with E-state index < -0.39 is 17.7 Å². The highest BCUT2D eigenvalue weighted by Gasteiger charge is 2.46. The second-order valence-electron chi connectivity index (χ2n) is 8.31. The number of aliphatic hydroxyl groups is 1. The lowest BCUT2D eigenvalue weighted by Crippen LogP contribution is -2.29. The van der Waals surface area contributed by atoms with Crippen LogP contribution in [0.25, 0.3) is 5.76 Å². The topological polar surface area (TPSA) is 98.2 Å². The minimum Gasteiger partial charge on any atom is -0.507 e. The van der Waals surface area contributed by atoms with Crippen LogP contribution in [0.2, 0.25) is 0 Å². The van der Waals surface area contributed by atoms with E-state index in [9.17, 15) is 14.7 Å². The molecule has 2 aromatic carbocycles. The van der Waals surface area contributed by atoms with Gasteiger partial charge < -0.3 is 24.2 Å². The fraction of sp³-hybridized carbons (Fsp3) is 0.276. The monoisotopic (exact) mass is 502 g/mol. The fourth-order valence-electron chi connectivity index (χ4n) is 4.34. The summed E-state index contributed by atoms with van der Waals surface area (Å²) in [5, 5.41) is 11.3. The summed E-state index contributed by atoms with van der Waals surface area (Å²) in [7, 11) is 0. The molecule has 1 N–H and O–H groups in total. The van der Waals surface area contributed by atoms with Gasteiger partial charge in [-0.1, -0.05) is 6.07 Å². The number of ether oxygens (including phenoxy) is 3. The van der Waals surface area contributed by atoms with Gasteiger partial charge in [-0.05, 0) is 80.4 Å². The molecule has 0 bridgehead atoms. The molecule has 1 unspecified atom stereocenters. The number of carbonyl (C=O) groups is 2. The van der Waals surface area contributed by atoms with E-state index in [1.807, 2.05) is 20.8 Å². The van der Waals surface area contributed by atoms with Crippen LogP contribution >= 0.6 is 0 Å². The zero-order valence-corrected chi connectivity index (χ0v) is 21.1. The van der Waals surface area contributed by atoms with Crippen molar-refractivity contribution in [3.63, 3.8) is 0 Å². The number of ketones is 1. The number of pyridine rings is 1. The largest absolute Gasteiger partial charge is 0.507 e. The van der Waals surface area contributed by atoms with Gasteiger partial charge in [0.15, 0.2) is 11.5 Å². The zero-order chi connectivity index (χ0) is 26.4. The minimum atomic E-state index is -0.838. The molecule has 1 aliphatic heterocycles. The van der Waals surface area contributed by atoms with E-state index in [2.05, 4.69) is 4.98 Å². The summed E-state index contributed by atoms with van der Waals surface area (Å²) >= 11 is 0. The molecule has 1 aliphatic rings. The van der Waals surface area contributed by atoms with Gasteiger partial charge >= 0.3 is 0 Å². The highest BCUT2D eigenvalue weighted by molar-refractivity contribution is 6.46. The first kappa shape index (κ1) is 25.8. The van der Waals surface area contributed by atoms with Gasteiger partial charge in [0.1, 0.15) is 11.5 Å². The van der Waals surface area contributed by atoms with Gasteiger partial charge in [-0.25, -0.2) is 0 Å². The van der Waals surface area contributed by atoms with Crippen LogP contribution in [-0.4, -0.2) is 46.5 Å². The fourth-order valence-corrected chi connectivity index (χ4v) is 4.34. The number of likely N-dealkylation sites (tertiary alicyclic amines) is 1. The van der Waals surface area contributed by atoms with Gasteiger partial charge in [0.05, 0.1) is 31.4 Å². The second-order valence-corrected chi connectivity index (χ2v) is 8.31. The standard InChI is InChI=1S/C29H30N2O6/c1-4-35-22-10-7-20(8-11-22)27(32)25-26(21-9-12-23(36-5-2)24(17-21)37-6-3)31(29(34)28(25)33)18-19-13-15-30-16-14-19/h7-17,26,32H,4-6,18H2,1-3H3/b27-25+. The number of aromatic nitrogens is 1. The van der Waals surface area contributed by atoms with Crippen LogP contribution in [0.3, 0.4) is 0 Å². The molecule has 3 aromatic rings. The molecule has 0 aliphatic carbocycles. The van der Waals surface area contributed by atoms with Crippen LogP contribution in [0.5, 0.6) is 17.2 Å². The quantitative estimate of drug-likeness (QED) is 0.239. The lowest BCUT2D eigenvalue weighted by Gasteiger charge is -2.26. The molecule has 1 amide bonds. The van der Waals surface area contributed by atoms with Gasteiger partial charge in [0, 0.05) is 24.5 Å². The summed E-state index contributed by atoms with van der Waals surface area (Å²) in [5.74, 6) is -0.00128. The smallest absolute Gasteiger partial charge is 0.295 e. The molecule has 0 spiro atoms. The summed E-state index contributed by atoms with van der Waals surface area (Å²) in [6.07, 6.45) is 3.26. The van der Waals surface area contributed by atoms with Crippen molar-refractivity contribution in [1.82, 2.24) is 9.88 Å². The van der Waals surface area contributed by atoms with E-state index in [-0.39, 0.29) is 17.9 Å². The molecule has 0 radical (unpaired) electrons. The van der Waals surface area contributed by atoms with Gasteiger partial charge in [-0.3, -0.25) is 14.6 Å². The van der Waals surface area contributed by atoms with E-state index >= 15 is 0 Å². The molecule has 192 valence electrons. The highest BCUT2D eigenvalue weighted by Crippen LogP contribution is 2.42. The molecule has 1 atom stereocenters. The van der Waals surface area contributed by atoms with E-state index in [0.717, 1.165) is 5.56 Å². The molecule has 8 heteroatoms. The average Bonchev–Trinajstić information content (AvgIpc) is 3.16. The zero-order valence-electron chi connectivity index (χ0n) is 21.1. The Balaban J connectivity index is 1.85. The van der Waals surface area contributed by atoms with Gasteiger partial charge in [0.25, 0.3) is 11.7 Å². The lowest BCUT2D eigenvalue weighted by molar-refractivity contribution is -0.140. The van der Waals surface area contributed by atoms with Crippen LogP contribution < -0.4 is 14.2 Å². The van der Waals surface area contributed by atoms with E-state index in [4.69, 9.17) is 14.2 Å². The average molecular weight is 503 g/mol. The number of hydrogen-bond donors (Lipinski definition) is 1. The summed E-state index contributed by atoms with van der Waals surface area (Å²) in [5.41, 5.74) is 1.84. The number of nitrogens with zero attached hydrogens (tertiary/aromatic N) is 2. The molecular formula is C29H30N2O6. The third kappa shape index (κ3) is 5.43. The van der Waals surface area contributed by atoms with Crippen molar-refractivity contribution in [2.75, 3.05) is 19.8 Å². The first-order valence-electron chi connectivity index (χ1n) is 12.3. The summed E-state index contributed by atoms with van der Waals surface area (Å²) in [6, 6.07) is 14.8. The molecule has 1 fully saturated rings. The van der Waals surface area contributed by atoms with Crippen molar-refractivity contribution < 1.29 is 28.9 Å². The van der Waals surface area contributed by atoms with Crippen molar-refractivity contribution in [3.05, 3.63) is 89.3 Å². The summed E-state index contributed by atoms with van der Waals surface area (Å²) in [4.78, 5) is 32.1. The number of rotatable bonds is 10.